The monoisotopic (exact) mass is 317 g/mol. The van der Waals surface area contributed by atoms with Crippen molar-refractivity contribution < 1.29 is 4.79 Å². The molecule has 6 nitrogen and oxygen atoms in total. The Morgan fingerprint density at radius 1 is 1.30 bits per heavy atom. The van der Waals surface area contributed by atoms with Gasteiger partial charge < -0.3 is 15.1 Å². The highest BCUT2D eigenvalue weighted by molar-refractivity contribution is 5.76. The van der Waals surface area contributed by atoms with Crippen LogP contribution >= 0.6 is 0 Å². The van der Waals surface area contributed by atoms with E-state index >= 15 is 0 Å². The molecule has 2 aliphatic rings. The van der Waals surface area contributed by atoms with Gasteiger partial charge in [0.15, 0.2) is 0 Å². The largest absolute Gasteiger partial charge is 0.356 e. The zero-order valence-corrected chi connectivity index (χ0v) is 14.2. The zero-order chi connectivity index (χ0) is 16.2. The highest BCUT2D eigenvalue weighted by Gasteiger charge is 2.26. The summed E-state index contributed by atoms with van der Waals surface area (Å²) in [7, 11) is 2.13. The lowest BCUT2D eigenvalue weighted by atomic mass is 10.00. The number of piperidine rings is 2. The summed E-state index contributed by atoms with van der Waals surface area (Å²) >= 11 is 0. The number of aromatic nitrogens is 2. The molecule has 1 amide bonds. The first-order valence-corrected chi connectivity index (χ1v) is 8.65. The molecule has 2 aliphatic heterocycles. The van der Waals surface area contributed by atoms with Crippen LogP contribution in [0, 0.1) is 6.92 Å². The Labute approximate surface area is 138 Å². The van der Waals surface area contributed by atoms with Crippen molar-refractivity contribution in [2.75, 3.05) is 31.6 Å². The van der Waals surface area contributed by atoms with Gasteiger partial charge in [-0.15, -0.1) is 0 Å². The molecule has 126 valence electrons. The fourth-order valence-corrected chi connectivity index (χ4v) is 3.64. The van der Waals surface area contributed by atoms with Gasteiger partial charge in [-0.1, -0.05) is 0 Å². The van der Waals surface area contributed by atoms with E-state index in [2.05, 4.69) is 32.1 Å². The predicted octanol–water partition coefficient (Wildman–Crippen LogP) is 1.35. The first kappa shape index (κ1) is 16.2. The second-order valence-corrected chi connectivity index (χ2v) is 6.82. The third-order valence-corrected chi connectivity index (χ3v) is 5.06. The van der Waals surface area contributed by atoms with Crippen molar-refractivity contribution >= 4 is 11.7 Å². The lowest BCUT2D eigenvalue weighted by Gasteiger charge is -2.39. The molecule has 0 radical (unpaired) electrons. The van der Waals surface area contributed by atoms with E-state index in [1.807, 2.05) is 13.0 Å². The average Bonchev–Trinajstić information content (AvgIpc) is 2.55. The van der Waals surface area contributed by atoms with Gasteiger partial charge >= 0.3 is 0 Å². The van der Waals surface area contributed by atoms with Crippen molar-refractivity contribution in [3.8, 4) is 0 Å². The smallest absolute Gasteiger partial charge is 0.220 e. The van der Waals surface area contributed by atoms with Gasteiger partial charge in [0.25, 0.3) is 0 Å². The number of amides is 1. The quantitative estimate of drug-likeness (QED) is 0.908. The Bertz CT molecular complexity index is 542. The molecule has 0 spiro atoms. The number of nitrogens with zero attached hydrogens (tertiary/aromatic N) is 4. The van der Waals surface area contributed by atoms with Crippen LogP contribution in [0.25, 0.3) is 0 Å². The number of carbonyl (C=O) groups excluding carboxylic acids is 1. The molecule has 1 aromatic heterocycles. The number of hydrogen-bond donors (Lipinski definition) is 1. The van der Waals surface area contributed by atoms with Gasteiger partial charge in [-0.2, -0.15) is 0 Å². The van der Waals surface area contributed by atoms with Crippen LogP contribution < -0.4 is 10.2 Å². The molecule has 23 heavy (non-hydrogen) atoms. The lowest BCUT2D eigenvalue weighted by molar-refractivity contribution is -0.123. The van der Waals surface area contributed by atoms with E-state index < -0.39 is 0 Å². The van der Waals surface area contributed by atoms with Crippen LogP contribution in [0.1, 0.15) is 37.8 Å². The topological polar surface area (TPSA) is 61.4 Å². The Morgan fingerprint density at radius 3 is 2.78 bits per heavy atom. The Kier molecular flexibility index (Phi) is 5.10. The third-order valence-electron chi connectivity index (χ3n) is 5.06. The molecule has 2 saturated heterocycles. The minimum absolute atomic E-state index is 0.218. The second kappa shape index (κ2) is 7.25. The summed E-state index contributed by atoms with van der Waals surface area (Å²) in [5, 5.41) is 3.12. The van der Waals surface area contributed by atoms with Gasteiger partial charge in [-0.05, 0) is 32.6 Å². The van der Waals surface area contributed by atoms with Gasteiger partial charge in [-0.3, -0.25) is 4.79 Å². The van der Waals surface area contributed by atoms with E-state index in [9.17, 15) is 4.79 Å². The summed E-state index contributed by atoms with van der Waals surface area (Å²) in [4.78, 5) is 24.8. The fourth-order valence-electron chi connectivity index (χ4n) is 3.64. The van der Waals surface area contributed by atoms with Crippen LogP contribution in [0.4, 0.5) is 5.82 Å². The summed E-state index contributed by atoms with van der Waals surface area (Å²) in [5.74, 6) is 1.23. The second-order valence-electron chi connectivity index (χ2n) is 6.82. The molecule has 0 aromatic carbocycles. The number of nitrogens with one attached hydrogen (secondary N) is 1. The maximum absolute atomic E-state index is 11.5. The number of likely N-dealkylation sites (tertiary alicyclic amines) is 1. The number of rotatable bonds is 4. The number of aryl methyl sites for hydroxylation is 1. The van der Waals surface area contributed by atoms with Crippen molar-refractivity contribution in [1.82, 2.24) is 20.2 Å². The third kappa shape index (κ3) is 4.19. The molecular formula is C17H27N5O. The van der Waals surface area contributed by atoms with Crippen LogP contribution in [-0.2, 0) is 4.79 Å². The summed E-state index contributed by atoms with van der Waals surface area (Å²) in [5.41, 5.74) is 1.01. The molecule has 1 aromatic rings. The molecule has 2 fully saturated rings. The molecule has 0 bridgehead atoms. The van der Waals surface area contributed by atoms with Crippen LogP contribution in [0.2, 0.25) is 0 Å². The summed E-state index contributed by atoms with van der Waals surface area (Å²) in [6.07, 6.45) is 6.76. The van der Waals surface area contributed by atoms with Crippen molar-refractivity contribution in [2.45, 2.75) is 51.1 Å². The highest BCUT2D eigenvalue weighted by Crippen LogP contribution is 2.21. The predicted molar refractivity (Wildman–Crippen MR) is 90.4 cm³/mol. The van der Waals surface area contributed by atoms with E-state index in [1.165, 1.54) is 0 Å². The molecule has 0 aliphatic carbocycles. The van der Waals surface area contributed by atoms with Crippen LogP contribution in [0.3, 0.4) is 0 Å². The van der Waals surface area contributed by atoms with E-state index in [1.54, 1.807) is 6.33 Å². The molecule has 1 unspecified atom stereocenters. The minimum atomic E-state index is 0.218. The van der Waals surface area contributed by atoms with Gasteiger partial charge in [0.2, 0.25) is 5.91 Å². The van der Waals surface area contributed by atoms with E-state index in [-0.39, 0.29) is 5.91 Å². The van der Waals surface area contributed by atoms with Gasteiger partial charge in [-0.25, -0.2) is 9.97 Å². The van der Waals surface area contributed by atoms with Gasteiger partial charge in [0.1, 0.15) is 12.1 Å². The SMILES string of the molecule is Cc1cc(N(C)C2CCN(CC3CCCC(=O)N3)CC2)ncn1. The summed E-state index contributed by atoms with van der Waals surface area (Å²) < 4.78 is 0. The minimum Gasteiger partial charge on any atom is -0.356 e. The normalized spacial score (nSPS) is 23.6. The number of anilines is 1. The molecule has 6 heteroatoms. The van der Waals surface area contributed by atoms with Gasteiger partial charge in [0.05, 0.1) is 0 Å². The van der Waals surface area contributed by atoms with Crippen molar-refractivity contribution in [1.29, 1.82) is 0 Å². The summed E-state index contributed by atoms with van der Waals surface area (Å²) in [6.45, 7) is 5.17. The van der Waals surface area contributed by atoms with E-state index in [0.717, 1.165) is 56.8 Å². The maximum Gasteiger partial charge on any atom is 0.220 e. The first-order chi connectivity index (χ1) is 11.1. The number of hydrogen-bond acceptors (Lipinski definition) is 5. The van der Waals surface area contributed by atoms with Crippen LogP contribution in [0.5, 0.6) is 0 Å². The number of carbonyl (C=O) groups is 1. The Balaban J connectivity index is 1.49. The molecule has 0 saturated carbocycles. The molecule has 3 rings (SSSR count). The Hall–Kier alpha value is -1.69. The van der Waals surface area contributed by atoms with Crippen LogP contribution in [-0.4, -0.2) is 59.5 Å². The molecule has 3 heterocycles. The van der Waals surface area contributed by atoms with Crippen molar-refractivity contribution in [3.05, 3.63) is 18.1 Å². The van der Waals surface area contributed by atoms with Crippen LogP contribution in [0.15, 0.2) is 12.4 Å². The molecular weight excluding hydrogens is 290 g/mol. The summed E-state index contributed by atoms with van der Waals surface area (Å²) in [6, 6.07) is 2.92. The molecule has 1 atom stereocenters. The van der Waals surface area contributed by atoms with Crippen molar-refractivity contribution in [2.24, 2.45) is 0 Å². The van der Waals surface area contributed by atoms with E-state index in [0.29, 0.717) is 18.5 Å². The van der Waals surface area contributed by atoms with Gasteiger partial charge in [0, 0.05) is 56.9 Å². The average molecular weight is 317 g/mol. The maximum atomic E-state index is 11.5. The highest BCUT2D eigenvalue weighted by atomic mass is 16.1. The van der Waals surface area contributed by atoms with E-state index in [4.69, 9.17) is 0 Å². The standard InChI is InChI=1S/C17H27N5O/c1-13-10-16(19-12-18-13)21(2)15-6-8-22(9-7-15)11-14-4-3-5-17(23)20-14/h10,12,14-15H,3-9,11H2,1-2H3,(H,20,23). The van der Waals surface area contributed by atoms with Crippen molar-refractivity contribution in [3.63, 3.8) is 0 Å². The lowest BCUT2D eigenvalue weighted by Crippen LogP contribution is -2.50. The fraction of sp³-hybridized carbons (Fsp3) is 0.706. The first-order valence-electron chi connectivity index (χ1n) is 8.65. The zero-order valence-electron chi connectivity index (χ0n) is 14.2. The Morgan fingerprint density at radius 2 is 2.09 bits per heavy atom. The molecule has 1 N–H and O–H groups in total.